The second kappa shape index (κ2) is 4.21. The number of phenols is 1. The Morgan fingerprint density at radius 1 is 1.50 bits per heavy atom. The van der Waals surface area contributed by atoms with Crippen LogP contribution in [0.1, 0.15) is 10.4 Å². The molecular formula is C8H8O5S. The van der Waals surface area contributed by atoms with Crippen molar-refractivity contribution in [1.29, 1.82) is 0 Å². The zero-order chi connectivity index (χ0) is 10.7. The first-order valence-electron chi connectivity index (χ1n) is 3.58. The van der Waals surface area contributed by atoms with Crippen molar-refractivity contribution in [1.82, 2.24) is 0 Å². The van der Waals surface area contributed by atoms with E-state index in [4.69, 9.17) is 9.29 Å². The molecule has 0 saturated carbocycles. The molecule has 0 saturated heterocycles. The smallest absolute Gasteiger partial charge is 0.280 e. The average molecular weight is 216 g/mol. The van der Waals surface area contributed by atoms with Crippen LogP contribution in [0.15, 0.2) is 18.2 Å². The summed E-state index contributed by atoms with van der Waals surface area (Å²) in [7, 11) is 1.40. The van der Waals surface area contributed by atoms with Gasteiger partial charge in [-0.3, -0.25) is 9.35 Å². The van der Waals surface area contributed by atoms with Gasteiger partial charge in [-0.05, 0) is 12.1 Å². The van der Waals surface area contributed by atoms with Gasteiger partial charge in [0.1, 0.15) is 11.5 Å². The van der Waals surface area contributed by atoms with Crippen molar-refractivity contribution in [2.75, 3.05) is 7.11 Å². The molecule has 1 unspecified atom stereocenters. The van der Waals surface area contributed by atoms with Crippen molar-refractivity contribution in [3.8, 4) is 11.5 Å². The summed E-state index contributed by atoms with van der Waals surface area (Å²) in [4.78, 5) is 11.0. The lowest BCUT2D eigenvalue weighted by Crippen LogP contribution is -2.06. The third-order valence-electron chi connectivity index (χ3n) is 1.58. The molecule has 0 spiro atoms. The molecule has 5 nitrogen and oxygen atoms in total. The van der Waals surface area contributed by atoms with E-state index in [-0.39, 0.29) is 11.3 Å². The maximum atomic E-state index is 11.0. The largest absolute Gasteiger partial charge is 0.507 e. The van der Waals surface area contributed by atoms with Crippen LogP contribution in [0.25, 0.3) is 0 Å². The predicted molar refractivity (Wildman–Crippen MR) is 49.8 cm³/mol. The molecule has 0 aliphatic rings. The first-order valence-corrected chi connectivity index (χ1v) is 4.69. The van der Waals surface area contributed by atoms with Crippen LogP contribution < -0.4 is 4.74 Å². The molecule has 1 aromatic rings. The van der Waals surface area contributed by atoms with Crippen LogP contribution in [0.5, 0.6) is 11.5 Å². The van der Waals surface area contributed by atoms with Gasteiger partial charge in [0.25, 0.3) is 5.12 Å². The third kappa shape index (κ3) is 2.09. The van der Waals surface area contributed by atoms with E-state index in [1.807, 2.05) is 0 Å². The van der Waals surface area contributed by atoms with E-state index < -0.39 is 16.2 Å². The summed E-state index contributed by atoms with van der Waals surface area (Å²) in [5.74, 6) is -0.0143. The molecule has 1 aromatic carbocycles. The second-order valence-corrected chi connectivity index (χ2v) is 3.29. The second-order valence-electron chi connectivity index (χ2n) is 2.42. The molecule has 0 bridgehead atoms. The van der Waals surface area contributed by atoms with Gasteiger partial charge >= 0.3 is 0 Å². The first-order chi connectivity index (χ1) is 6.56. The van der Waals surface area contributed by atoms with Gasteiger partial charge in [-0.25, -0.2) is 4.21 Å². The fourth-order valence-electron chi connectivity index (χ4n) is 0.905. The molecule has 0 amide bonds. The molecule has 14 heavy (non-hydrogen) atoms. The Morgan fingerprint density at radius 3 is 2.57 bits per heavy atom. The summed E-state index contributed by atoms with van der Waals surface area (Å²) >= 11 is -2.62. The SMILES string of the molecule is COc1ccc(C(=O)S(=O)O)c(O)c1. The summed E-state index contributed by atoms with van der Waals surface area (Å²) < 4.78 is 23.7. The van der Waals surface area contributed by atoms with Gasteiger partial charge in [-0.2, -0.15) is 0 Å². The number of hydrogen-bond acceptors (Lipinski definition) is 4. The van der Waals surface area contributed by atoms with Gasteiger partial charge in [-0.1, -0.05) is 0 Å². The topological polar surface area (TPSA) is 83.8 Å². The molecule has 0 aromatic heterocycles. The van der Waals surface area contributed by atoms with Crippen molar-refractivity contribution >= 4 is 16.2 Å². The Kier molecular flexibility index (Phi) is 3.21. The van der Waals surface area contributed by atoms with Crippen molar-refractivity contribution in [3.63, 3.8) is 0 Å². The number of hydrogen-bond donors (Lipinski definition) is 2. The van der Waals surface area contributed by atoms with Crippen LogP contribution in [-0.2, 0) is 11.1 Å². The Hall–Kier alpha value is -1.40. The molecule has 0 heterocycles. The van der Waals surface area contributed by atoms with Crippen molar-refractivity contribution < 1.29 is 23.4 Å². The van der Waals surface area contributed by atoms with Crippen molar-refractivity contribution in [2.45, 2.75) is 0 Å². The Balaban J connectivity index is 3.12. The molecule has 0 aliphatic carbocycles. The lowest BCUT2D eigenvalue weighted by Gasteiger charge is -2.03. The monoisotopic (exact) mass is 216 g/mol. The van der Waals surface area contributed by atoms with Crippen LogP contribution in [0.3, 0.4) is 0 Å². The number of benzene rings is 1. The molecule has 0 radical (unpaired) electrons. The van der Waals surface area contributed by atoms with Crippen LogP contribution in [0, 0.1) is 0 Å². The van der Waals surface area contributed by atoms with E-state index in [9.17, 15) is 14.1 Å². The van der Waals surface area contributed by atoms with E-state index in [0.717, 1.165) is 0 Å². The van der Waals surface area contributed by atoms with Crippen LogP contribution in [0.2, 0.25) is 0 Å². The van der Waals surface area contributed by atoms with E-state index in [1.54, 1.807) is 0 Å². The molecule has 0 aliphatic heterocycles. The predicted octanol–water partition coefficient (Wildman–Crippen LogP) is 0.763. The first kappa shape index (κ1) is 10.7. The molecule has 0 fully saturated rings. The maximum Gasteiger partial charge on any atom is 0.280 e. The maximum absolute atomic E-state index is 11.0. The number of carbonyl (C=O) groups is 1. The molecule has 76 valence electrons. The number of aromatic hydroxyl groups is 1. The van der Waals surface area contributed by atoms with Crippen LogP contribution in [0.4, 0.5) is 0 Å². The van der Waals surface area contributed by atoms with Crippen molar-refractivity contribution in [2.24, 2.45) is 0 Å². The number of rotatable bonds is 2. The number of carbonyl (C=O) groups excluding carboxylic acids is 1. The quantitative estimate of drug-likeness (QED) is 0.713. The highest BCUT2D eigenvalue weighted by atomic mass is 32.2. The standard InChI is InChI=1S/C8H8O5S/c1-13-5-2-3-6(7(9)4-5)8(10)14(11)12/h2-4,9H,1H3,(H,11,12). The fraction of sp³-hybridized carbons (Fsp3) is 0.125. The minimum Gasteiger partial charge on any atom is -0.507 e. The number of phenolic OH excluding ortho intramolecular Hbond substituents is 1. The highest BCUT2D eigenvalue weighted by Crippen LogP contribution is 2.24. The lowest BCUT2D eigenvalue weighted by molar-refractivity contribution is 0.107. The average Bonchev–Trinajstić information content (AvgIpc) is 2.16. The molecule has 1 rings (SSSR count). The Bertz CT molecular complexity index is 387. The summed E-state index contributed by atoms with van der Waals surface area (Å²) in [6, 6.07) is 3.84. The summed E-state index contributed by atoms with van der Waals surface area (Å²) in [5.41, 5.74) is -0.202. The van der Waals surface area contributed by atoms with Gasteiger partial charge in [-0.15, -0.1) is 0 Å². The minimum absolute atomic E-state index is 0.202. The zero-order valence-electron chi connectivity index (χ0n) is 7.26. The van der Waals surface area contributed by atoms with Gasteiger partial charge < -0.3 is 9.84 Å². The summed E-state index contributed by atoms with van der Waals surface area (Å²) in [5, 5.41) is 8.26. The lowest BCUT2D eigenvalue weighted by atomic mass is 10.2. The fourth-order valence-corrected chi connectivity index (χ4v) is 1.27. The number of ether oxygens (including phenoxy) is 1. The number of methoxy groups -OCH3 is 1. The van der Waals surface area contributed by atoms with E-state index in [1.165, 1.54) is 25.3 Å². The van der Waals surface area contributed by atoms with Gasteiger partial charge in [0.05, 0.1) is 12.7 Å². The zero-order valence-corrected chi connectivity index (χ0v) is 8.08. The van der Waals surface area contributed by atoms with Gasteiger partial charge in [0, 0.05) is 6.07 Å². The molecule has 2 N–H and O–H groups in total. The van der Waals surface area contributed by atoms with Crippen molar-refractivity contribution in [3.05, 3.63) is 23.8 Å². The molecular weight excluding hydrogens is 208 g/mol. The van der Waals surface area contributed by atoms with Gasteiger partial charge in [0.2, 0.25) is 11.1 Å². The minimum atomic E-state index is -2.62. The summed E-state index contributed by atoms with van der Waals surface area (Å²) in [6.45, 7) is 0. The normalized spacial score (nSPS) is 12.1. The van der Waals surface area contributed by atoms with E-state index in [0.29, 0.717) is 5.75 Å². The van der Waals surface area contributed by atoms with Crippen LogP contribution >= 0.6 is 0 Å². The Labute approximate surface area is 82.6 Å². The highest BCUT2D eigenvalue weighted by Gasteiger charge is 2.16. The van der Waals surface area contributed by atoms with Gasteiger partial charge in [0.15, 0.2) is 0 Å². The van der Waals surface area contributed by atoms with E-state index >= 15 is 0 Å². The summed E-state index contributed by atoms with van der Waals surface area (Å²) in [6.07, 6.45) is 0. The highest BCUT2D eigenvalue weighted by molar-refractivity contribution is 7.95. The van der Waals surface area contributed by atoms with Crippen LogP contribution in [-0.4, -0.2) is 26.1 Å². The third-order valence-corrected chi connectivity index (χ3v) is 2.12. The molecule has 6 heteroatoms. The van der Waals surface area contributed by atoms with E-state index in [2.05, 4.69) is 0 Å². The molecule has 1 atom stereocenters. The Morgan fingerprint density at radius 2 is 2.14 bits per heavy atom.